The van der Waals surface area contributed by atoms with E-state index in [0.717, 1.165) is 10.9 Å². The number of carbonyl (C=O) groups is 1. The van der Waals surface area contributed by atoms with Crippen molar-refractivity contribution in [2.45, 2.75) is 19.9 Å². The Morgan fingerprint density at radius 1 is 1.35 bits per heavy atom. The minimum absolute atomic E-state index is 0.0805. The summed E-state index contributed by atoms with van der Waals surface area (Å²) >= 11 is 0. The lowest BCUT2D eigenvalue weighted by Gasteiger charge is -2.07. The van der Waals surface area contributed by atoms with Crippen LogP contribution >= 0.6 is 0 Å². The number of carbonyl (C=O) groups excluding carboxylic acids is 1. The molecule has 0 spiro atoms. The molecule has 0 aliphatic rings. The van der Waals surface area contributed by atoms with Crippen LogP contribution in [0.3, 0.4) is 0 Å². The summed E-state index contributed by atoms with van der Waals surface area (Å²) in [5.74, 6) is 0.0805. The van der Waals surface area contributed by atoms with Crippen molar-refractivity contribution in [3.05, 3.63) is 42.1 Å². The van der Waals surface area contributed by atoms with Gasteiger partial charge in [-0.25, -0.2) is 0 Å². The molecule has 3 heteroatoms. The Morgan fingerprint density at radius 2 is 2.12 bits per heavy atom. The molecule has 1 aromatic heterocycles. The number of rotatable bonds is 4. The number of Topliss-reactive ketones (excluding diaryl/α,β-unsaturated/α-hetero) is 1. The van der Waals surface area contributed by atoms with Gasteiger partial charge in [-0.1, -0.05) is 32.0 Å². The molecule has 0 bridgehead atoms. The lowest BCUT2D eigenvalue weighted by Crippen LogP contribution is -2.29. The number of benzene rings is 1. The molecule has 0 atom stereocenters. The first kappa shape index (κ1) is 11.7. The van der Waals surface area contributed by atoms with Crippen molar-refractivity contribution in [1.29, 1.82) is 0 Å². The maximum Gasteiger partial charge on any atom is 0.178 e. The van der Waals surface area contributed by atoms with E-state index in [2.05, 4.69) is 10.3 Å². The number of ketones is 1. The second kappa shape index (κ2) is 5.06. The zero-order valence-corrected chi connectivity index (χ0v) is 10.1. The Bertz CT molecular complexity index is 534. The first-order chi connectivity index (χ1) is 8.16. The van der Waals surface area contributed by atoms with Gasteiger partial charge in [0.05, 0.1) is 12.1 Å². The molecule has 3 nitrogen and oxygen atoms in total. The van der Waals surface area contributed by atoms with E-state index in [1.54, 1.807) is 6.20 Å². The van der Waals surface area contributed by atoms with Gasteiger partial charge in [0.25, 0.3) is 0 Å². The quantitative estimate of drug-likeness (QED) is 0.817. The zero-order valence-electron chi connectivity index (χ0n) is 10.1. The lowest BCUT2D eigenvalue weighted by atomic mass is 10.1. The van der Waals surface area contributed by atoms with Gasteiger partial charge in [0.2, 0.25) is 0 Å². The predicted molar refractivity (Wildman–Crippen MR) is 69.2 cm³/mol. The van der Waals surface area contributed by atoms with Gasteiger partial charge in [-0.3, -0.25) is 9.78 Å². The summed E-state index contributed by atoms with van der Waals surface area (Å²) in [5.41, 5.74) is 1.58. The minimum atomic E-state index is 0.0805. The standard InChI is InChI=1S/C14H16N2O/c1-10(2)15-9-14(17)12-7-11-5-3-4-6-13(11)16-8-12/h3-8,10,15H,9H2,1-2H3. The van der Waals surface area contributed by atoms with Crippen LogP contribution in [0.1, 0.15) is 24.2 Å². The summed E-state index contributed by atoms with van der Waals surface area (Å²) in [7, 11) is 0. The SMILES string of the molecule is CC(C)NCC(=O)c1cnc2ccccc2c1. The molecule has 1 aromatic carbocycles. The van der Waals surface area contributed by atoms with Crippen molar-refractivity contribution in [2.24, 2.45) is 0 Å². The van der Waals surface area contributed by atoms with Crippen molar-refractivity contribution < 1.29 is 4.79 Å². The van der Waals surface area contributed by atoms with E-state index in [4.69, 9.17) is 0 Å². The van der Waals surface area contributed by atoms with Crippen LogP contribution in [0.4, 0.5) is 0 Å². The molecule has 0 fully saturated rings. The molecule has 0 aliphatic carbocycles. The highest BCUT2D eigenvalue weighted by Gasteiger charge is 2.07. The van der Waals surface area contributed by atoms with Crippen molar-refractivity contribution >= 4 is 16.7 Å². The molecule has 0 unspecified atom stereocenters. The first-order valence-corrected chi connectivity index (χ1v) is 5.78. The van der Waals surface area contributed by atoms with E-state index in [-0.39, 0.29) is 5.78 Å². The predicted octanol–water partition coefficient (Wildman–Crippen LogP) is 2.42. The molecule has 1 heterocycles. The van der Waals surface area contributed by atoms with Crippen molar-refractivity contribution in [3.63, 3.8) is 0 Å². The van der Waals surface area contributed by atoms with Crippen LogP contribution < -0.4 is 5.32 Å². The van der Waals surface area contributed by atoms with Crippen LogP contribution in [0, 0.1) is 0 Å². The summed E-state index contributed by atoms with van der Waals surface area (Å²) in [4.78, 5) is 16.2. The van der Waals surface area contributed by atoms with Crippen molar-refractivity contribution in [2.75, 3.05) is 6.54 Å². The van der Waals surface area contributed by atoms with E-state index < -0.39 is 0 Å². The van der Waals surface area contributed by atoms with E-state index in [1.165, 1.54) is 0 Å². The van der Waals surface area contributed by atoms with Gasteiger partial charge in [0, 0.05) is 23.2 Å². The summed E-state index contributed by atoms with van der Waals surface area (Å²) in [5, 5.41) is 4.12. The van der Waals surface area contributed by atoms with Crippen molar-refractivity contribution in [1.82, 2.24) is 10.3 Å². The number of hydrogen-bond acceptors (Lipinski definition) is 3. The third-order valence-corrected chi connectivity index (χ3v) is 2.58. The maximum absolute atomic E-state index is 11.9. The third-order valence-electron chi connectivity index (χ3n) is 2.58. The molecule has 1 N–H and O–H groups in total. The van der Waals surface area contributed by atoms with Gasteiger partial charge >= 0.3 is 0 Å². The van der Waals surface area contributed by atoms with Crippen LogP contribution in [0.2, 0.25) is 0 Å². The molecule has 0 saturated heterocycles. The van der Waals surface area contributed by atoms with Gasteiger partial charge in [0.15, 0.2) is 5.78 Å². The number of fused-ring (bicyclic) bond motifs is 1. The number of para-hydroxylation sites is 1. The molecular formula is C14H16N2O. The Balaban J connectivity index is 2.21. The molecule has 2 rings (SSSR count). The summed E-state index contributed by atoms with van der Waals surface area (Å²) < 4.78 is 0. The number of pyridine rings is 1. The molecule has 0 saturated carbocycles. The van der Waals surface area contributed by atoms with Gasteiger partial charge in [0.1, 0.15) is 0 Å². The lowest BCUT2D eigenvalue weighted by molar-refractivity contribution is 0.0988. The summed E-state index contributed by atoms with van der Waals surface area (Å²) in [6, 6.07) is 10.0. The van der Waals surface area contributed by atoms with Crippen LogP contribution in [-0.4, -0.2) is 23.4 Å². The van der Waals surface area contributed by atoms with E-state index in [0.29, 0.717) is 18.2 Å². The zero-order chi connectivity index (χ0) is 12.3. The number of nitrogens with one attached hydrogen (secondary N) is 1. The highest BCUT2D eigenvalue weighted by Crippen LogP contribution is 2.12. The normalized spacial score (nSPS) is 11.0. The molecule has 0 aliphatic heterocycles. The van der Waals surface area contributed by atoms with Crippen molar-refractivity contribution in [3.8, 4) is 0 Å². The highest BCUT2D eigenvalue weighted by atomic mass is 16.1. The first-order valence-electron chi connectivity index (χ1n) is 5.78. The molecule has 0 radical (unpaired) electrons. The fourth-order valence-electron chi connectivity index (χ4n) is 1.62. The molecule has 88 valence electrons. The Labute approximate surface area is 101 Å². The number of aromatic nitrogens is 1. The average Bonchev–Trinajstić information content (AvgIpc) is 2.35. The smallest absolute Gasteiger partial charge is 0.178 e. The Morgan fingerprint density at radius 3 is 2.88 bits per heavy atom. The van der Waals surface area contributed by atoms with Gasteiger partial charge in [-0.2, -0.15) is 0 Å². The third kappa shape index (κ3) is 2.88. The molecule has 17 heavy (non-hydrogen) atoms. The summed E-state index contributed by atoms with van der Waals surface area (Å²) in [6.45, 7) is 4.40. The van der Waals surface area contributed by atoms with Gasteiger partial charge in [-0.15, -0.1) is 0 Å². The molecule has 0 amide bonds. The fraction of sp³-hybridized carbons (Fsp3) is 0.286. The van der Waals surface area contributed by atoms with E-state index in [1.807, 2.05) is 44.2 Å². The second-order valence-corrected chi connectivity index (χ2v) is 4.38. The minimum Gasteiger partial charge on any atom is -0.307 e. The number of hydrogen-bond donors (Lipinski definition) is 1. The Hall–Kier alpha value is -1.74. The van der Waals surface area contributed by atoms with Crippen LogP contribution in [0.25, 0.3) is 10.9 Å². The Kier molecular flexibility index (Phi) is 3.49. The van der Waals surface area contributed by atoms with Crippen LogP contribution in [0.15, 0.2) is 36.5 Å². The van der Waals surface area contributed by atoms with Crippen LogP contribution in [0.5, 0.6) is 0 Å². The van der Waals surface area contributed by atoms with Gasteiger partial charge < -0.3 is 5.32 Å². The number of nitrogens with zero attached hydrogens (tertiary/aromatic N) is 1. The van der Waals surface area contributed by atoms with E-state index in [9.17, 15) is 4.79 Å². The van der Waals surface area contributed by atoms with Gasteiger partial charge in [-0.05, 0) is 12.1 Å². The topological polar surface area (TPSA) is 42.0 Å². The largest absolute Gasteiger partial charge is 0.307 e. The average molecular weight is 228 g/mol. The second-order valence-electron chi connectivity index (χ2n) is 4.38. The molecule has 2 aromatic rings. The van der Waals surface area contributed by atoms with Crippen LogP contribution in [-0.2, 0) is 0 Å². The monoisotopic (exact) mass is 228 g/mol. The highest BCUT2D eigenvalue weighted by molar-refractivity contribution is 6.00. The van der Waals surface area contributed by atoms with E-state index >= 15 is 0 Å². The maximum atomic E-state index is 11.9. The summed E-state index contributed by atoms with van der Waals surface area (Å²) in [6.07, 6.45) is 1.65. The fourth-order valence-corrected chi connectivity index (χ4v) is 1.62. The molecular weight excluding hydrogens is 212 g/mol.